The summed E-state index contributed by atoms with van der Waals surface area (Å²) in [5.41, 5.74) is -0.261. The molecule has 3 heterocycles. The lowest BCUT2D eigenvalue weighted by molar-refractivity contribution is -0.220. The summed E-state index contributed by atoms with van der Waals surface area (Å²) in [5, 5.41) is 0. The van der Waals surface area contributed by atoms with Gasteiger partial charge in [0.1, 0.15) is 24.6 Å². The fourth-order valence-corrected chi connectivity index (χ4v) is 1.84. The van der Waals surface area contributed by atoms with Crippen LogP contribution in [0.1, 0.15) is 0 Å². The highest BCUT2D eigenvalue weighted by Crippen LogP contribution is 2.43. The van der Waals surface area contributed by atoms with Gasteiger partial charge in [-0.25, -0.2) is 0 Å². The highest BCUT2D eigenvalue weighted by Gasteiger charge is 2.62. The van der Waals surface area contributed by atoms with Crippen molar-refractivity contribution < 1.29 is 18.9 Å². The third-order valence-electron chi connectivity index (χ3n) is 2.50. The van der Waals surface area contributed by atoms with Crippen LogP contribution in [-0.4, -0.2) is 44.4 Å². The number of hydrogen-bond acceptors (Lipinski definition) is 4. The lowest BCUT2D eigenvalue weighted by Crippen LogP contribution is -2.48. The van der Waals surface area contributed by atoms with Gasteiger partial charge in [-0.1, -0.05) is 0 Å². The predicted molar refractivity (Wildman–Crippen MR) is 34.1 cm³/mol. The lowest BCUT2D eigenvalue weighted by Gasteiger charge is -2.32. The van der Waals surface area contributed by atoms with Gasteiger partial charge in [-0.15, -0.1) is 0 Å². The second kappa shape index (κ2) is 1.95. The van der Waals surface area contributed by atoms with Gasteiger partial charge in [-0.3, -0.25) is 0 Å². The highest BCUT2D eigenvalue weighted by atomic mass is 16.7. The van der Waals surface area contributed by atoms with Crippen molar-refractivity contribution in [1.29, 1.82) is 0 Å². The third kappa shape index (κ3) is 0.780. The highest BCUT2D eigenvalue weighted by molar-refractivity contribution is 5.08. The number of rotatable bonds is 0. The van der Waals surface area contributed by atoms with E-state index in [0.717, 1.165) is 0 Å². The van der Waals surface area contributed by atoms with E-state index in [-0.39, 0.29) is 11.7 Å². The van der Waals surface area contributed by atoms with Gasteiger partial charge in [0.2, 0.25) is 0 Å². The van der Waals surface area contributed by atoms with Gasteiger partial charge in [-0.2, -0.15) is 0 Å². The SMILES string of the molecule is C1OCC2(CO1)OC[C@@H]1O[C@@H]12. The fourth-order valence-electron chi connectivity index (χ4n) is 1.84. The van der Waals surface area contributed by atoms with Crippen molar-refractivity contribution in [2.24, 2.45) is 0 Å². The van der Waals surface area contributed by atoms with Crippen LogP contribution in [-0.2, 0) is 18.9 Å². The molecule has 0 aromatic heterocycles. The molecule has 2 atom stereocenters. The summed E-state index contributed by atoms with van der Waals surface area (Å²) in [6, 6.07) is 0. The molecule has 0 radical (unpaired) electrons. The van der Waals surface area contributed by atoms with E-state index in [9.17, 15) is 0 Å². The van der Waals surface area contributed by atoms with Gasteiger partial charge in [0.15, 0.2) is 0 Å². The monoisotopic (exact) mass is 158 g/mol. The van der Waals surface area contributed by atoms with Crippen LogP contribution in [0.3, 0.4) is 0 Å². The van der Waals surface area contributed by atoms with Crippen LogP contribution >= 0.6 is 0 Å². The van der Waals surface area contributed by atoms with Crippen LogP contribution in [0.15, 0.2) is 0 Å². The molecule has 1 spiro atoms. The summed E-state index contributed by atoms with van der Waals surface area (Å²) in [5.74, 6) is 0. The molecule has 62 valence electrons. The van der Waals surface area contributed by atoms with Gasteiger partial charge in [0.05, 0.1) is 19.8 Å². The summed E-state index contributed by atoms with van der Waals surface area (Å²) in [6.45, 7) is 2.34. The largest absolute Gasteiger partial charge is 0.365 e. The molecular formula is C7H10O4. The van der Waals surface area contributed by atoms with Crippen molar-refractivity contribution >= 4 is 0 Å². The molecule has 0 saturated carbocycles. The maximum absolute atomic E-state index is 5.57. The molecule has 0 bridgehead atoms. The standard InChI is InChI=1S/C7H10O4/c1-5-6(11-5)7(10-1)2-8-4-9-3-7/h5-6H,1-4H2/t5-,6-/m0/s1. The van der Waals surface area contributed by atoms with Crippen LogP contribution in [0.2, 0.25) is 0 Å². The summed E-state index contributed by atoms with van der Waals surface area (Å²) < 4.78 is 21.3. The topological polar surface area (TPSA) is 40.2 Å². The molecule has 4 heteroatoms. The lowest BCUT2D eigenvalue weighted by atomic mass is 10.0. The Morgan fingerprint density at radius 2 is 2.00 bits per heavy atom. The first-order valence-corrected chi connectivity index (χ1v) is 3.86. The number of hydrogen-bond donors (Lipinski definition) is 0. The minimum atomic E-state index is -0.261. The van der Waals surface area contributed by atoms with Crippen LogP contribution in [0.25, 0.3) is 0 Å². The molecule has 0 aliphatic carbocycles. The average molecular weight is 158 g/mol. The maximum Gasteiger partial charge on any atom is 0.147 e. The molecule has 3 saturated heterocycles. The van der Waals surface area contributed by atoms with Gasteiger partial charge in [0.25, 0.3) is 0 Å². The van der Waals surface area contributed by atoms with E-state index < -0.39 is 0 Å². The Kier molecular flexibility index (Phi) is 1.13. The van der Waals surface area contributed by atoms with E-state index in [1.54, 1.807) is 0 Å². The van der Waals surface area contributed by atoms with Crippen molar-refractivity contribution in [3.8, 4) is 0 Å². The van der Waals surface area contributed by atoms with Crippen molar-refractivity contribution in [1.82, 2.24) is 0 Å². The molecule has 0 N–H and O–H groups in total. The molecule has 3 aliphatic heterocycles. The zero-order chi connectivity index (χ0) is 7.31. The summed E-state index contributed by atoms with van der Waals surface area (Å²) in [6.07, 6.45) is 0.558. The Morgan fingerprint density at radius 3 is 2.55 bits per heavy atom. The second-order valence-corrected chi connectivity index (χ2v) is 3.29. The summed E-state index contributed by atoms with van der Waals surface area (Å²) in [7, 11) is 0. The molecule has 3 rings (SSSR count). The first-order valence-electron chi connectivity index (χ1n) is 3.86. The van der Waals surface area contributed by atoms with E-state index in [2.05, 4.69) is 0 Å². The Hall–Kier alpha value is -0.160. The molecule has 3 aliphatic rings. The Bertz CT molecular complexity index is 175. The van der Waals surface area contributed by atoms with Gasteiger partial charge in [-0.05, 0) is 0 Å². The molecule has 3 fully saturated rings. The zero-order valence-electron chi connectivity index (χ0n) is 6.12. The van der Waals surface area contributed by atoms with E-state index in [1.807, 2.05) is 0 Å². The number of fused-ring (bicyclic) bond motifs is 2. The van der Waals surface area contributed by atoms with Crippen LogP contribution in [0.4, 0.5) is 0 Å². The summed E-state index contributed by atoms with van der Waals surface area (Å²) in [4.78, 5) is 0. The second-order valence-electron chi connectivity index (χ2n) is 3.29. The summed E-state index contributed by atoms with van der Waals surface area (Å²) >= 11 is 0. The van der Waals surface area contributed by atoms with Gasteiger partial charge in [0, 0.05) is 0 Å². The zero-order valence-corrected chi connectivity index (χ0v) is 6.12. The first-order chi connectivity index (χ1) is 5.41. The average Bonchev–Trinajstić information content (AvgIpc) is 2.77. The minimum Gasteiger partial charge on any atom is -0.365 e. The molecule has 0 aromatic rings. The molecule has 0 aromatic carbocycles. The van der Waals surface area contributed by atoms with E-state index >= 15 is 0 Å². The third-order valence-corrected chi connectivity index (χ3v) is 2.50. The normalized spacial score (nSPS) is 45.8. The fraction of sp³-hybridized carbons (Fsp3) is 1.00. The molecule has 0 unspecified atom stereocenters. The Labute approximate surface area is 64.4 Å². The van der Waals surface area contributed by atoms with Crippen molar-refractivity contribution in [3.63, 3.8) is 0 Å². The Balaban J connectivity index is 1.81. The smallest absolute Gasteiger partial charge is 0.147 e. The Morgan fingerprint density at radius 1 is 1.18 bits per heavy atom. The van der Waals surface area contributed by atoms with Crippen molar-refractivity contribution in [2.45, 2.75) is 17.8 Å². The molecule has 0 amide bonds. The quantitative estimate of drug-likeness (QED) is 0.447. The van der Waals surface area contributed by atoms with Crippen LogP contribution in [0.5, 0.6) is 0 Å². The molecule has 4 nitrogen and oxygen atoms in total. The number of ether oxygens (including phenoxy) is 4. The first kappa shape index (κ1) is 6.37. The predicted octanol–water partition coefficient (Wildman–Crippen LogP) is -0.473. The maximum atomic E-state index is 5.57. The van der Waals surface area contributed by atoms with Crippen molar-refractivity contribution in [2.75, 3.05) is 26.6 Å². The van der Waals surface area contributed by atoms with E-state index in [4.69, 9.17) is 18.9 Å². The van der Waals surface area contributed by atoms with Crippen LogP contribution in [0, 0.1) is 0 Å². The van der Waals surface area contributed by atoms with Gasteiger partial charge < -0.3 is 18.9 Å². The molecule has 11 heavy (non-hydrogen) atoms. The minimum absolute atomic E-state index is 0.239. The number of epoxide rings is 1. The van der Waals surface area contributed by atoms with Crippen molar-refractivity contribution in [3.05, 3.63) is 0 Å². The van der Waals surface area contributed by atoms with E-state index in [1.165, 1.54) is 0 Å². The van der Waals surface area contributed by atoms with Crippen LogP contribution < -0.4 is 0 Å². The van der Waals surface area contributed by atoms with Gasteiger partial charge >= 0.3 is 0 Å². The van der Waals surface area contributed by atoms with E-state index in [0.29, 0.717) is 32.7 Å². The molecular weight excluding hydrogens is 148 g/mol.